The molecule has 0 aliphatic carbocycles. The highest BCUT2D eigenvalue weighted by Crippen LogP contribution is 2.30. The molecule has 1 aromatic heterocycles. The largest absolute Gasteiger partial charge is 0.345 e. The molecular weight excluding hydrogens is 497 g/mol. The van der Waals surface area contributed by atoms with Gasteiger partial charge in [-0.2, -0.15) is 4.31 Å². The molecule has 0 spiro atoms. The van der Waals surface area contributed by atoms with E-state index in [4.69, 9.17) is 0 Å². The highest BCUT2D eigenvalue weighted by atomic mass is 32.2. The third kappa shape index (κ3) is 4.41. The van der Waals surface area contributed by atoms with Gasteiger partial charge in [-0.15, -0.1) is 11.3 Å². The van der Waals surface area contributed by atoms with E-state index < -0.39 is 44.0 Å². The minimum absolute atomic E-state index is 0.144. The van der Waals surface area contributed by atoms with E-state index >= 15 is 0 Å². The van der Waals surface area contributed by atoms with Crippen molar-refractivity contribution in [1.29, 1.82) is 0 Å². The molecule has 5 nitrogen and oxygen atoms in total. The van der Waals surface area contributed by atoms with Crippen molar-refractivity contribution in [3.05, 3.63) is 75.0 Å². The molecule has 2 aromatic carbocycles. The molecule has 1 aliphatic heterocycles. The Morgan fingerprint density at radius 1 is 0.882 bits per heavy atom. The molecule has 34 heavy (non-hydrogen) atoms. The van der Waals surface area contributed by atoms with Crippen molar-refractivity contribution in [3.8, 4) is 0 Å². The lowest BCUT2D eigenvalue weighted by Gasteiger charge is -2.33. The predicted octanol–water partition coefficient (Wildman–Crippen LogP) is 4.56. The Kier molecular flexibility index (Phi) is 6.67. The number of anilines is 1. The summed E-state index contributed by atoms with van der Waals surface area (Å²) in [7, 11) is -4.94. The lowest BCUT2D eigenvalue weighted by Crippen LogP contribution is -2.49. The fourth-order valence-electron chi connectivity index (χ4n) is 3.71. The van der Waals surface area contributed by atoms with E-state index in [-0.39, 0.29) is 26.2 Å². The van der Waals surface area contributed by atoms with Gasteiger partial charge in [-0.25, -0.2) is 35.4 Å². The molecule has 0 unspecified atom stereocenters. The molecular formula is C22H20F5N3O2S2. The third-order valence-corrected chi connectivity index (χ3v) is 8.64. The number of rotatable bonds is 5. The van der Waals surface area contributed by atoms with Crippen molar-refractivity contribution in [1.82, 2.24) is 9.29 Å². The smallest absolute Gasteiger partial charge is 0.249 e. The fourth-order valence-corrected chi connectivity index (χ4v) is 6.12. The van der Waals surface area contributed by atoms with E-state index in [9.17, 15) is 30.4 Å². The molecule has 0 bridgehead atoms. The summed E-state index contributed by atoms with van der Waals surface area (Å²) in [5.41, 5.74) is 4.33. The van der Waals surface area contributed by atoms with Crippen molar-refractivity contribution >= 4 is 26.5 Å². The van der Waals surface area contributed by atoms with Crippen LogP contribution in [-0.2, 0) is 16.4 Å². The molecule has 1 saturated heterocycles. The topological polar surface area (TPSA) is 53.5 Å². The van der Waals surface area contributed by atoms with Gasteiger partial charge in [-0.05, 0) is 30.5 Å². The van der Waals surface area contributed by atoms with Gasteiger partial charge in [0.05, 0.1) is 5.69 Å². The van der Waals surface area contributed by atoms with E-state index in [1.807, 2.05) is 36.3 Å². The van der Waals surface area contributed by atoms with Crippen LogP contribution in [0.3, 0.4) is 0 Å². The van der Waals surface area contributed by atoms with Crippen LogP contribution in [0.25, 0.3) is 0 Å². The van der Waals surface area contributed by atoms with E-state index in [2.05, 4.69) is 11.1 Å². The highest BCUT2D eigenvalue weighted by molar-refractivity contribution is 7.89. The molecule has 2 heterocycles. The lowest BCUT2D eigenvalue weighted by atomic mass is 10.0. The van der Waals surface area contributed by atoms with Gasteiger partial charge in [0.15, 0.2) is 33.3 Å². The minimum atomic E-state index is -4.94. The summed E-state index contributed by atoms with van der Waals surface area (Å²) >= 11 is 1.38. The van der Waals surface area contributed by atoms with Crippen molar-refractivity contribution in [2.45, 2.75) is 25.2 Å². The zero-order valence-electron chi connectivity index (χ0n) is 18.2. The lowest BCUT2D eigenvalue weighted by molar-refractivity contribution is 0.344. The summed E-state index contributed by atoms with van der Waals surface area (Å²) < 4.78 is 94.6. The van der Waals surface area contributed by atoms with Gasteiger partial charge in [-0.3, -0.25) is 0 Å². The Labute approximate surface area is 197 Å². The maximum atomic E-state index is 14.1. The number of nitrogens with zero attached hydrogens (tertiary/aromatic N) is 3. The first-order valence-corrected chi connectivity index (χ1v) is 12.6. The van der Waals surface area contributed by atoms with Gasteiger partial charge in [0.1, 0.15) is 0 Å². The highest BCUT2D eigenvalue weighted by Gasteiger charge is 2.38. The normalized spacial score (nSPS) is 15.2. The number of thiazole rings is 1. The van der Waals surface area contributed by atoms with Crippen molar-refractivity contribution in [3.63, 3.8) is 0 Å². The number of hydrogen-bond donors (Lipinski definition) is 0. The van der Waals surface area contributed by atoms with Gasteiger partial charge in [-0.1, -0.05) is 18.2 Å². The number of benzene rings is 2. The molecule has 3 aromatic rings. The zero-order valence-corrected chi connectivity index (χ0v) is 19.8. The van der Waals surface area contributed by atoms with Crippen molar-refractivity contribution in [2.75, 3.05) is 31.1 Å². The van der Waals surface area contributed by atoms with Crippen LogP contribution in [0.1, 0.15) is 22.4 Å². The molecule has 4 rings (SSSR count). The van der Waals surface area contributed by atoms with Crippen LogP contribution in [0, 0.1) is 42.9 Å². The first-order chi connectivity index (χ1) is 16.0. The van der Waals surface area contributed by atoms with Crippen LogP contribution in [0.5, 0.6) is 0 Å². The summed E-state index contributed by atoms with van der Waals surface area (Å²) in [4.78, 5) is 4.59. The second-order valence-corrected chi connectivity index (χ2v) is 10.7. The van der Waals surface area contributed by atoms with Crippen LogP contribution in [0.4, 0.5) is 27.1 Å². The summed E-state index contributed by atoms with van der Waals surface area (Å²) in [6.45, 7) is 3.95. The second kappa shape index (κ2) is 9.23. The molecule has 1 aliphatic rings. The summed E-state index contributed by atoms with van der Waals surface area (Å²) in [5, 5.41) is 2.56. The molecule has 0 N–H and O–H groups in total. The number of aryl methyl sites for hydroxylation is 2. The van der Waals surface area contributed by atoms with E-state index in [0.717, 1.165) is 11.3 Å². The standard InChI is InChI=1S/C22H20F5N3O2S2/c1-12-3-4-14(9-13(12)2)10-15-11-33-22(28-15)29-5-7-30(8-6-29)34(31,32)21-19(26)17(24)16(23)18(25)20(21)27/h3-4,9,11H,5-8,10H2,1-2H3. The van der Waals surface area contributed by atoms with Gasteiger partial charge >= 0.3 is 0 Å². The zero-order chi connectivity index (χ0) is 24.8. The van der Waals surface area contributed by atoms with Crippen LogP contribution >= 0.6 is 11.3 Å². The first kappa shape index (κ1) is 24.6. The number of sulfonamides is 1. The maximum absolute atomic E-state index is 14.1. The van der Waals surface area contributed by atoms with Crippen molar-refractivity contribution in [2.24, 2.45) is 0 Å². The predicted molar refractivity (Wildman–Crippen MR) is 118 cm³/mol. The molecule has 0 amide bonds. The quantitative estimate of drug-likeness (QED) is 0.283. The molecule has 12 heteroatoms. The van der Waals surface area contributed by atoms with Gasteiger partial charge in [0.2, 0.25) is 15.8 Å². The van der Waals surface area contributed by atoms with E-state index in [0.29, 0.717) is 15.9 Å². The second-order valence-electron chi connectivity index (χ2n) is 8.01. The monoisotopic (exact) mass is 517 g/mol. The average Bonchev–Trinajstić information content (AvgIpc) is 3.27. The summed E-state index contributed by atoms with van der Waals surface area (Å²) in [6.07, 6.45) is 0.631. The van der Waals surface area contributed by atoms with Gasteiger partial charge in [0.25, 0.3) is 0 Å². The first-order valence-electron chi connectivity index (χ1n) is 10.3. The van der Waals surface area contributed by atoms with Gasteiger partial charge < -0.3 is 4.90 Å². The Hall–Kier alpha value is -2.57. The molecule has 0 radical (unpaired) electrons. The minimum Gasteiger partial charge on any atom is -0.345 e. The van der Waals surface area contributed by atoms with Gasteiger partial charge in [0, 0.05) is 38.0 Å². The summed E-state index contributed by atoms with van der Waals surface area (Å²) in [6, 6.07) is 6.17. The number of aromatic nitrogens is 1. The van der Waals surface area contributed by atoms with Crippen LogP contribution in [0.15, 0.2) is 28.5 Å². The van der Waals surface area contributed by atoms with E-state index in [1.54, 1.807) is 0 Å². The van der Waals surface area contributed by atoms with Crippen molar-refractivity contribution < 1.29 is 30.4 Å². The van der Waals surface area contributed by atoms with Crippen LogP contribution in [-0.4, -0.2) is 43.9 Å². The van der Waals surface area contributed by atoms with Crippen LogP contribution in [0.2, 0.25) is 0 Å². The Morgan fingerprint density at radius 2 is 1.47 bits per heavy atom. The van der Waals surface area contributed by atoms with Crippen LogP contribution < -0.4 is 4.90 Å². The number of halogens is 5. The SMILES string of the molecule is Cc1ccc(Cc2csc(N3CCN(S(=O)(=O)c4c(F)c(F)c(F)c(F)c4F)CC3)n2)cc1C. The number of piperazine rings is 1. The molecule has 182 valence electrons. The molecule has 0 saturated carbocycles. The Morgan fingerprint density at radius 3 is 2.06 bits per heavy atom. The summed E-state index contributed by atoms with van der Waals surface area (Å²) in [5.74, 6) is -11.7. The Balaban J connectivity index is 1.47. The molecule has 1 fully saturated rings. The Bertz CT molecular complexity index is 1320. The average molecular weight is 518 g/mol. The van der Waals surface area contributed by atoms with E-state index in [1.165, 1.54) is 22.5 Å². The number of hydrogen-bond acceptors (Lipinski definition) is 5. The maximum Gasteiger partial charge on any atom is 0.249 e. The molecule has 0 atom stereocenters. The third-order valence-electron chi connectivity index (χ3n) is 5.77. The fraction of sp³-hybridized carbons (Fsp3) is 0.318.